The molecule has 1 fully saturated rings. The Labute approximate surface area is 244 Å². The second kappa shape index (κ2) is 12.3. The smallest absolute Gasteiger partial charge is 0.407 e. The van der Waals surface area contributed by atoms with E-state index in [1.165, 1.54) is 26.2 Å². The van der Waals surface area contributed by atoms with E-state index in [0.717, 1.165) is 31.2 Å². The summed E-state index contributed by atoms with van der Waals surface area (Å²) in [6.07, 6.45) is 3.71. The standard InChI is InChI=1S/C30H38FN7O4/c1-29(2,3)42-28(40)37-20-8-6-19(7-9-20)36-23-13-24(25-11-10-21-12-18(14-32)15-35-38(21)25)33-16-22(23)27(39)34-17-26(31)30(4,5)41/h10-13,15-16,19-20,26,41H,6-9,17H2,1-5H3,(H,33,36)(H,34,39)(H,37,40)/t19?,20?,26-/m1/s1. The van der Waals surface area contributed by atoms with Crippen LogP contribution in [0.2, 0.25) is 0 Å². The van der Waals surface area contributed by atoms with Gasteiger partial charge in [-0.25, -0.2) is 13.7 Å². The zero-order valence-electron chi connectivity index (χ0n) is 24.6. The van der Waals surface area contributed by atoms with Crippen molar-refractivity contribution in [3.8, 4) is 17.5 Å². The quantitative estimate of drug-likeness (QED) is 0.307. The van der Waals surface area contributed by atoms with Crippen LogP contribution in [0.5, 0.6) is 0 Å². The van der Waals surface area contributed by atoms with E-state index in [1.54, 1.807) is 16.6 Å². The van der Waals surface area contributed by atoms with Gasteiger partial charge in [-0.15, -0.1) is 0 Å². The predicted octanol–water partition coefficient (Wildman–Crippen LogP) is 4.35. The van der Waals surface area contributed by atoms with E-state index in [0.29, 0.717) is 22.6 Å². The minimum absolute atomic E-state index is 0.00848. The summed E-state index contributed by atoms with van der Waals surface area (Å²) in [5.41, 5.74) is 0.942. The molecular formula is C30H38FN7O4. The van der Waals surface area contributed by atoms with Crippen LogP contribution in [-0.2, 0) is 4.74 Å². The van der Waals surface area contributed by atoms with Crippen LogP contribution in [0.1, 0.15) is 76.2 Å². The number of halogens is 1. The number of carbonyl (C=O) groups excluding carboxylic acids is 2. The Hall–Kier alpha value is -4.24. The van der Waals surface area contributed by atoms with E-state index in [4.69, 9.17) is 4.74 Å². The molecule has 3 heterocycles. The molecule has 0 aromatic carbocycles. The van der Waals surface area contributed by atoms with Gasteiger partial charge in [0.15, 0.2) is 0 Å². The van der Waals surface area contributed by atoms with Gasteiger partial charge >= 0.3 is 6.09 Å². The number of aliphatic hydroxyl groups is 1. The molecule has 0 unspecified atom stereocenters. The summed E-state index contributed by atoms with van der Waals surface area (Å²) in [4.78, 5) is 29.9. The Bertz CT molecular complexity index is 1480. The fourth-order valence-corrected chi connectivity index (χ4v) is 4.75. The molecule has 1 aliphatic carbocycles. The summed E-state index contributed by atoms with van der Waals surface area (Å²) in [5.74, 6) is -0.527. The lowest BCUT2D eigenvalue weighted by Gasteiger charge is -2.31. The number of carbonyl (C=O) groups is 2. The highest BCUT2D eigenvalue weighted by atomic mass is 19.1. The number of aromatic nitrogens is 3. The molecule has 1 saturated carbocycles. The molecule has 0 saturated heterocycles. The molecule has 42 heavy (non-hydrogen) atoms. The number of pyridine rings is 1. The average Bonchev–Trinajstić information content (AvgIpc) is 3.34. The summed E-state index contributed by atoms with van der Waals surface area (Å²) in [5, 5.41) is 32.4. The zero-order chi connectivity index (χ0) is 30.7. The predicted molar refractivity (Wildman–Crippen MR) is 156 cm³/mol. The van der Waals surface area contributed by atoms with Crippen molar-refractivity contribution in [1.82, 2.24) is 25.2 Å². The third-order valence-electron chi connectivity index (χ3n) is 7.06. The summed E-state index contributed by atoms with van der Waals surface area (Å²) in [6.45, 7) is 7.78. The van der Waals surface area contributed by atoms with Crippen LogP contribution < -0.4 is 16.0 Å². The maximum Gasteiger partial charge on any atom is 0.407 e. The Morgan fingerprint density at radius 1 is 1.14 bits per heavy atom. The molecule has 4 N–H and O–H groups in total. The average molecular weight is 580 g/mol. The molecular weight excluding hydrogens is 541 g/mol. The Morgan fingerprint density at radius 2 is 1.83 bits per heavy atom. The summed E-state index contributed by atoms with van der Waals surface area (Å²) >= 11 is 0. The van der Waals surface area contributed by atoms with Gasteiger partial charge in [-0.2, -0.15) is 10.4 Å². The van der Waals surface area contributed by atoms with Gasteiger partial charge in [0, 0.05) is 18.3 Å². The molecule has 0 aliphatic heterocycles. The maximum atomic E-state index is 14.4. The molecule has 3 aromatic rings. The lowest BCUT2D eigenvalue weighted by atomic mass is 9.91. The molecule has 4 rings (SSSR count). The number of anilines is 1. The van der Waals surface area contributed by atoms with Crippen LogP contribution in [0.3, 0.4) is 0 Å². The zero-order valence-corrected chi connectivity index (χ0v) is 24.6. The number of amides is 2. The third-order valence-corrected chi connectivity index (χ3v) is 7.06. The summed E-state index contributed by atoms with van der Waals surface area (Å²) in [6, 6.07) is 9.20. The van der Waals surface area contributed by atoms with E-state index >= 15 is 0 Å². The van der Waals surface area contributed by atoms with E-state index < -0.39 is 29.4 Å². The number of alkyl carbamates (subject to hydrolysis) is 1. The van der Waals surface area contributed by atoms with Crippen molar-refractivity contribution < 1.29 is 23.8 Å². The summed E-state index contributed by atoms with van der Waals surface area (Å²) < 4.78 is 21.4. The Kier molecular flexibility index (Phi) is 9.01. The van der Waals surface area contributed by atoms with Crippen molar-refractivity contribution in [3.63, 3.8) is 0 Å². The van der Waals surface area contributed by atoms with Crippen LogP contribution in [-0.4, -0.2) is 67.7 Å². The first-order chi connectivity index (χ1) is 19.7. The monoisotopic (exact) mass is 579 g/mol. The lowest BCUT2D eigenvalue weighted by molar-refractivity contribution is -0.00178. The normalized spacial score (nSPS) is 18.1. The van der Waals surface area contributed by atoms with E-state index in [2.05, 4.69) is 32.1 Å². The van der Waals surface area contributed by atoms with Crippen LogP contribution >= 0.6 is 0 Å². The molecule has 0 bridgehead atoms. The highest BCUT2D eigenvalue weighted by Crippen LogP contribution is 2.29. The van der Waals surface area contributed by atoms with Crippen molar-refractivity contribution >= 4 is 23.2 Å². The summed E-state index contributed by atoms with van der Waals surface area (Å²) in [7, 11) is 0. The number of ether oxygens (including phenoxy) is 1. The minimum Gasteiger partial charge on any atom is -0.444 e. The Balaban J connectivity index is 1.54. The van der Waals surface area contributed by atoms with Gasteiger partial charge in [-0.05, 0) is 84.6 Å². The molecule has 0 radical (unpaired) electrons. The second-order valence-corrected chi connectivity index (χ2v) is 12.2. The van der Waals surface area contributed by atoms with Gasteiger partial charge in [0.2, 0.25) is 0 Å². The molecule has 224 valence electrons. The molecule has 11 nitrogen and oxygen atoms in total. The number of hydrogen-bond acceptors (Lipinski definition) is 8. The lowest BCUT2D eigenvalue weighted by Crippen LogP contribution is -2.43. The van der Waals surface area contributed by atoms with Gasteiger partial charge in [-0.1, -0.05) is 0 Å². The number of alkyl halides is 1. The van der Waals surface area contributed by atoms with Gasteiger partial charge in [0.25, 0.3) is 5.91 Å². The van der Waals surface area contributed by atoms with Crippen molar-refractivity contribution in [3.05, 3.63) is 47.8 Å². The SMILES string of the molecule is CC(C)(C)OC(=O)NC1CCC(Nc2cc(-c3ccc4cc(C#N)cnn34)ncc2C(=O)NC[C@@H](F)C(C)(C)O)CC1. The second-order valence-electron chi connectivity index (χ2n) is 12.2. The first kappa shape index (κ1) is 30.7. The van der Waals surface area contributed by atoms with Crippen molar-refractivity contribution in [1.29, 1.82) is 5.26 Å². The largest absolute Gasteiger partial charge is 0.444 e. The highest BCUT2D eigenvalue weighted by Gasteiger charge is 2.29. The number of nitrogens with zero attached hydrogens (tertiary/aromatic N) is 4. The first-order valence-electron chi connectivity index (χ1n) is 14.0. The van der Waals surface area contributed by atoms with Crippen LogP contribution in [0.4, 0.5) is 14.9 Å². The number of nitriles is 1. The van der Waals surface area contributed by atoms with Gasteiger partial charge in [0.1, 0.15) is 17.8 Å². The van der Waals surface area contributed by atoms with Crippen molar-refractivity contribution in [2.75, 3.05) is 11.9 Å². The van der Waals surface area contributed by atoms with Gasteiger partial charge < -0.3 is 25.8 Å². The van der Waals surface area contributed by atoms with Crippen molar-refractivity contribution in [2.45, 2.75) is 89.8 Å². The highest BCUT2D eigenvalue weighted by molar-refractivity contribution is 6.00. The van der Waals surface area contributed by atoms with Gasteiger partial charge in [-0.3, -0.25) is 9.78 Å². The van der Waals surface area contributed by atoms with Crippen LogP contribution in [0.25, 0.3) is 16.9 Å². The van der Waals surface area contributed by atoms with Crippen molar-refractivity contribution in [2.24, 2.45) is 0 Å². The maximum absolute atomic E-state index is 14.4. The van der Waals surface area contributed by atoms with Crippen LogP contribution in [0, 0.1) is 11.3 Å². The molecule has 2 amide bonds. The minimum atomic E-state index is -1.66. The molecule has 1 atom stereocenters. The number of hydrogen-bond donors (Lipinski definition) is 4. The van der Waals surface area contributed by atoms with E-state index in [-0.39, 0.29) is 24.2 Å². The molecule has 0 spiro atoms. The van der Waals surface area contributed by atoms with E-state index in [9.17, 15) is 24.3 Å². The number of fused-ring (bicyclic) bond motifs is 1. The molecule has 1 aliphatic rings. The van der Waals surface area contributed by atoms with Crippen LogP contribution in [0.15, 0.2) is 36.7 Å². The first-order valence-corrected chi connectivity index (χ1v) is 14.0. The van der Waals surface area contributed by atoms with Gasteiger partial charge in [0.05, 0.1) is 52.1 Å². The third kappa shape index (κ3) is 7.73. The fourth-order valence-electron chi connectivity index (χ4n) is 4.75. The van der Waals surface area contributed by atoms with E-state index in [1.807, 2.05) is 32.9 Å². The number of nitrogens with one attached hydrogen (secondary N) is 3. The fraction of sp³-hybridized carbons (Fsp3) is 0.500. The molecule has 12 heteroatoms. The molecule has 3 aromatic heterocycles. The Morgan fingerprint density at radius 3 is 2.48 bits per heavy atom. The topological polar surface area (TPSA) is 154 Å². The number of rotatable bonds is 8.